The van der Waals surface area contributed by atoms with Gasteiger partial charge in [-0.05, 0) is 55.7 Å². The van der Waals surface area contributed by atoms with Crippen molar-refractivity contribution < 1.29 is 18.0 Å². The molecule has 38 heavy (non-hydrogen) atoms. The molecule has 7 nitrogen and oxygen atoms in total. The molecule has 3 aromatic carbocycles. The molecule has 1 atom stereocenters. The molecule has 3 aromatic rings. The molecule has 202 valence electrons. The Kier molecular flexibility index (Phi) is 10.5. The number of hydrogen-bond acceptors (Lipinski definition) is 4. The summed E-state index contributed by atoms with van der Waals surface area (Å²) < 4.78 is 29.3. The van der Waals surface area contributed by atoms with E-state index in [9.17, 15) is 18.0 Å². The third kappa shape index (κ3) is 7.45. The Balaban J connectivity index is 2.03. The summed E-state index contributed by atoms with van der Waals surface area (Å²) in [5.41, 5.74) is 2.27. The van der Waals surface area contributed by atoms with Crippen molar-refractivity contribution in [2.45, 2.75) is 51.1 Å². The summed E-state index contributed by atoms with van der Waals surface area (Å²) in [6, 6.07) is 21.8. The third-order valence-electron chi connectivity index (χ3n) is 6.11. The van der Waals surface area contributed by atoms with Gasteiger partial charge in [0.1, 0.15) is 12.6 Å². The third-order valence-corrected chi connectivity index (χ3v) is 8.40. The van der Waals surface area contributed by atoms with Crippen LogP contribution in [-0.2, 0) is 26.2 Å². The van der Waals surface area contributed by atoms with E-state index in [1.165, 1.54) is 17.0 Å². The van der Waals surface area contributed by atoms with Gasteiger partial charge in [-0.3, -0.25) is 13.9 Å². The normalized spacial score (nSPS) is 12.0. The van der Waals surface area contributed by atoms with E-state index in [0.717, 1.165) is 21.9 Å². The minimum Gasteiger partial charge on any atom is -0.354 e. The smallest absolute Gasteiger partial charge is 0.264 e. The summed E-state index contributed by atoms with van der Waals surface area (Å²) in [4.78, 5) is 28.6. The van der Waals surface area contributed by atoms with Crippen molar-refractivity contribution in [3.05, 3.63) is 94.5 Å². The number of carbonyl (C=O) groups is 2. The lowest BCUT2D eigenvalue weighted by atomic mass is 10.1. The number of aryl methyl sites for hydroxylation is 1. The quantitative estimate of drug-likeness (QED) is 0.306. The largest absolute Gasteiger partial charge is 0.354 e. The molecule has 0 spiro atoms. The van der Waals surface area contributed by atoms with Crippen molar-refractivity contribution in [3.63, 3.8) is 0 Å². The van der Waals surface area contributed by atoms with Gasteiger partial charge in [-0.2, -0.15) is 0 Å². The average Bonchev–Trinajstić information content (AvgIpc) is 2.91. The van der Waals surface area contributed by atoms with Crippen LogP contribution < -0.4 is 9.62 Å². The first-order valence-corrected chi connectivity index (χ1v) is 14.9. The van der Waals surface area contributed by atoms with Gasteiger partial charge in [-0.15, -0.1) is 0 Å². The number of amides is 2. The second kappa shape index (κ2) is 13.6. The maximum atomic E-state index is 14.0. The van der Waals surface area contributed by atoms with Gasteiger partial charge in [-0.1, -0.05) is 83.9 Å². The van der Waals surface area contributed by atoms with Crippen molar-refractivity contribution in [1.82, 2.24) is 10.2 Å². The lowest BCUT2D eigenvalue weighted by molar-refractivity contribution is -0.140. The van der Waals surface area contributed by atoms with E-state index in [1.807, 2.05) is 45.0 Å². The zero-order valence-electron chi connectivity index (χ0n) is 21.9. The van der Waals surface area contributed by atoms with Crippen LogP contribution in [-0.4, -0.2) is 44.3 Å². The lowest BCUT2D eigenvalue weighted by Crippen LogP contribution is -2.52. The van der Waals surface area contributed by atoms with Crippen molar-refractivity contribution in [2.75, 3.05) is 17.4 Å². The zero-order chi connectivity index (χ0) is 27.7. The first-order valence-electron chi connectivity index (χ1n) is 12.6. The fourth-order valence-corrected chi connectivity index (χ4v) is 5.87. The van der Waals surface area contributed by atoms with Gasteiger partial charge in [0, 0.05) is 17.6 Å². The molecule has 9 heteroatoms. The van der Waals surface area contributed by atoms with Crippen LogP contribution in [0.5, 0.6) is 0 Å². The zero-order valence-corrected chi connectivity index (χ0v) is 24.3. The molecule has 3 rings (SSSR count). The minimum absolute atomic E-state index is 0.0746. The predicted molar refractivity (Wildman–Crippen MR) is 154 cm³/mol. The minimum atomic E-state index is -4.08. The Morgan fingerprint density at radius 1 is 0.947 bits per heavy atom. The molecular formula is C29H34BrN3O4S. The number of benzene rings is 3. The van der Waals surface area contributed by atoms with Crippen LogP contribution in [0.1, 0.15) is 37.8 Å². The molecular weight excluding hydrogens is 566 g/mol. The van der Waals surface area contributed by atoms with Crippen LogP contribution in [0.25, 0.3) is 0 Å². The molecule has 0 aromatic heterocycles. The maximum absolute atomic E-state index is 14.0. The molecule has 0 saturated heterocycles. The second-order valence-corrected chi connectivity index (χ2v) is 11.8. The van der Waals surface area contributed by atoms with Gasteiger partial charge < -0.3 is 10.2 Å². The van der Waals surface area contributed by atoms with Gasteiger partial charge in [0.2, 0.25) is 11.8 Å². The molecule has 0 fully saturated rings. The number of anilines is 1. The van der Waals surface area contributed by atoms with Crippen LogP contribution in [0.2, 0.25) is 0 Å². The maximum Gasteiger partial charge on any atom is 0.264 e. The van der Waals surface area contributed by atoms with Crippen molar-refractivity contribution in [1.29, 1.82) is 0 Å². The number of halogens is 1. The summed E-state index contributed by atoms with van der Waals surface area (Å²) in [7, 11) is -4.08. The Bertz CT molecular complexity index is 1330. The highest BCUT2D eigenvalue weighted by atomic mass is 79.9. The number of nitrogens with zero attached hydrogens (tertiary/aromatic N) is 2. The monoisotopic (exact) mass is 599 g/mol. The van der Waals surface area contributed by atoms with E-state index >= 15 is 0 Å². The predicted octanol–water partition coefficient (Wildman–Crippen LogP) is 5.29. The van der Waals surface area contributed by atoms with Gasteiger partial charge in [0.25, 0.3) is 10.0 Å². The molecule has 1 N–H and O–H groups in total. The molecule has 0 aliphatic rings. The van der Waals surface area contributed by atoms with Crippen LogP contribution in [0.15, 0.2) is 88.2 Å². The van der Waals surface area contributed by atoms with Gasteiger partial charge >= 0.3 is 0 Å². The Morgan fingerprint density at radius 3 is 2.24 bits per heavy atom. The topological polar surface area (TPSA) is 86.8 Å². The van der Waals surface area contributed by atoms with Crippen molar-refractivity contribution in [2.24, 2.45) is 0 Å². The summed E-state index contributed by atoms with van der Waals surface area (Å²) in [5.74, 6) is -0.724. The molecule has 2 amide bonds. The Morgan fingerprint density at radius 2 is 1.63 bits per heavy atom. The molecule has 0 saturated carbocycles. The molecule has 0 heterocycles. The van der Waals surface area contributed by atoms with Crippen molar-refractivity contribution in [3.8, 4) is 0 Å². The molecule has 0 radical (unpaired) electrons. The van der Waals surface area contributed by atoms with Crippen LogP contribution in [0, 0.1) is 6.92 Å². The molecule has 0 aliphatic carbocycles. The summed E-state index contributed by atoms with van der Waals surface area (Å²) in [6.45, 7) is 5.99. The Labute approximate surface area is 234 Å². The summed E-state index contributed by atoms with van der Waals surface area (Å²) in [5, 5.41) is 2.89. The van der Waals surface area contributed by atoms with Gasteiger partial charge in [0.05, 0.1) is 10.6 Å². The highest BCUT2D eigenvalue weighted by Crippen LogP contribution is 2.27. The second-order valence-electron chi connectivity index (χ2n) is 9.03. The van der Waals surface area contributed by atoms with E-state index in [4.69, 9.17) is 0 Å². The number of carbonyl (C=O) groups excluding carboxylic acids is 2. The number of hydrogen-bond donors (Lipinski definition) is 1. The highest BCUT2D eigenvalue weighted by Gasteiger charge is 2.33. The standard InChI is InChI=1S/C29H34BrN3O4S/c1-4-18-31-29(35)27(5-2)32(20-23-16-14-22(3)15-17-23)28(34)21-33(25-11-9-10-24(30)19-25)38(36,37)26-12-7-6-8-13-26/h6-17,19,27H,4-5,18,20-21H2,1-3H3,(H,31,35). The molecule has 0 aliphatic heterocycles. The Hall–Kier alpha value is -3.17. The molecule has 1 unspecified atom stereocenters. The fourth-order valence-electron chi connectivity index (χ4n) is 4.06. The SMILES string of the molecule is CCCNC(=O)C(CC)N(Cc1ccc(C)cc1)C(=O)CN(c1cccc(Br)c1)S(=O)(=O)c1ccccc1. The van der Waals surface area contributed by atoms with Crippen molar-refractivity contribution >= 4 is 43.5 Å². The van der Waals surface area contributed by atoms with E-state index in [0.29, 0.717) is 23.1 Å². The first kappa shape index (κ1) is 29.4. The average molecular weight is 601 g/mol. The van der Waals surface area contributed by atoms with E-state index in [-0.39, 0.29) is 17.3 Å². The van der Waals surface area contributed by atoms with Crippen LogP contribution >= 0.6 is 15.9 Å². The van der Waals surface area contributed by atoms with E-state index < -0.39 is 28.5 Å². The van der Waals surface area contributed by atoms with Gasteiger partial charge in [0.15, 0.2) is 0 Å². The first-order chi connectivity index (χ1) is 18.2. The molecule has 0 bridgehead atoms. The number of sulfonamides is 1. The van der Waals surface area contributed by atoms with Gasteiger partial charge in [-0.25, -0.2) is 8.42 Å². The lowest BCUT2D eigenvalue weighted by Gasteiger charge is -2.33. The fraction of sp³-hybridized carbons (Fsp3) is 0.310. The summed E-state index contributed by atoms with van der Waals surface area (Å²) >= 11 is 3.41. The van der Waals surface area contributed by atoms with E-state index in [1.54, 1.807) is 42.5 Å². The number of nitrogens with one attached hydrogen (secondary N) is 1. The van der Waals surface area contributed by atoms with E-state index in [2.05, 4.69) is 21.2 Å². The van der Waals surface area contributed by atoms with Crippen LogP contribution in [0.4, 0.5) is 5.69 Å². The highest BCUT2D eigenvalue weighted by molar-refractivity contribution is 9.10. The number of rotatable bonds is 12. The summed E-state index contributed by atoms with van der Waals surface area (Å²) in [6.07, 6.45) is 1.15. The van der Waals surface area contributed by atoms with Crippen LogP contribution in [0.3, 0.4) is 0 Å².